The van der Waals surface area contributed by atoms with Crippen LogP contribution in [0.3, 0.4) is 0 Å². The Morgan fingerprint density at radius 3 is 2.77 bits per heavy atom. The van der Waals surface area contributed by atoms with Crippen LogP contribution in [0.15, 0.2) is 42.9 Å². The largest absolute Gasteiger partial charge is 0.507 e. The van der Waals surface area contributed by atoms with Crippen molar-refractivity contribution in [2.24, 2.45) is 7.05 Å². The van der Waals surface area contributed by atoms with Crippen molar-refractivity contribution < 1.29 is 5.11 Å². The maximum absolute atomic E-state index is 10.2. The Kier molecular flexibility index (Phi) is 3.93. The standard InChI is InChI=1S/C18H15ClN6O/c1-10-8-14(22-9-21-10)24-17-16-12(6-7-20-17)23-18(25(16)2)15-11(19)4-3-5-13(15)26/h3-9,26H,1-2H3,(H,20,21,22,24). The van der Waals surface area contributed by atoms with Gasteiger partial charge in [0, 0.05) is 25.0 Å². The number of phenols is 1. The minimum Gasteiger partial charge on any atom is -0.507 e. The highest BCUT2D eigenvalue weighted by Gasteiger charge is 2.19. The summed E-state index contributed by atoms with van der Waals surface area (Å²) in [6.07, 6.45) is 3.16. The highest BCUT2D eigenvalue weighted by Crippen LogP contribution is 2.37. The molecule has 4 aromatic rings. The van der Waals surface area contributed by atoms with Gasteiger partial charge in [0.2, 0.25) is 0 Å². The van der Waals surface area contributed by atoms with Crippen LogP contribution < -0.4 is 5.32 Å². The lowest BCUT2D eigenvalue weighted by Gasteiger charge is -2.09. The average Bonchev–Trinajstić information content (AvgIpc) is 2.93. The smallest absolute Gasteiger partial charge is 0.157 e. The zero-order valence-electron chi connectivity index (χ0n) is 14.1. The van der Waals surface area contributed by atoms with Gasteiger partial charge in [0.15, 0.2) is 5.82 Å². The molecule has 130 valence electrons. The Balaban J connectivity index is 1.89. The zero-order chi connectivity index (χ0) is 18.3. The van der Waals surface area contributed by atoms with E-state index in [2.05, 4.69) is 25.3 Å². The van der Waals surface area contributed by atoms with Crippen LogP contribution >= 0.6 is 11.6 Å². The summed E-state index contributed by atoms with van der Waals surface area (Å²) in [5, 5.41) is 13.9. The molecule has 4 rings (SSSR count). The third kappa shape index (κ3) is 2.72. The van der Waals surface area contributed by atoms with E-state index in [1.807, 2.05) is 30.7 Å². The van der Waals surface area contributed by atoms with Gasteiger partial charge in [-0.25, -0.2) is 19.9 Å². The van der Waals surface area contributed by atoms with Crippen molar-refractivity contribution in [1.82, 2.24) is 24.5 Å². The summed E-state index contributed by atoms with van der Waals surface area (Å²) < 4.78 is 1.85. The first-order valence-electron chi connectivity index (χ1n) is 7.89. The second kappa shape index (κ2) is 6.27. The number of halogens is 1. The number of hydrogen-bond donors (Lipinski definition) is 2. The molecule has 0 saturated carbocycles. The van der Waals surface area contributed by atoms with Gasteiger partial charge in [0.1, 0.15) is 29.2 Å². The predicted molar refractivity (Wildman–Crippen MR) is 101 cm³/mol. The van der Waals surface area contributed by atoms with E-state index in [0.717, 1.165) is 16.7 Å². The van der Waals surface area contributed by atoms with Gasteiger partial charge in [-0.05, 0) is 25.1 Å². The molecular weight excluding hydrogens is 352 g/mol. The highest BCUT2D eigenvalue weighted by molar-refractivity contribution is 6.33. The van der Waals surface area contributed by atoms with Gasteiger partial charge >= 0.3 is 0 Å². The van der Waals surface area contributed by atoms with Gasteiger partial charge in [-0.1, -0.05) is 17.7 Å². The number of aromatic hydroxyl groups is 1. The predicted octanol–water partition coefficient (Wildman–Crippen LogP) is 3.84. The maximum atomic E-state index is 10.2. The lowest BCUT2D eigenvalue weighted by Crippen LogP contribution is -2.01. The monoisotopic (exact) mass is 366 g/mol. The first-order chi connectivity index (χ1) is 12.5. The number of pyridine rings is 1. The van der Waals surface area contributed by atoms with E-state index in [-0.39, 0.29) is 5.75 Å². The summed E-state index contributed by atoms with van der Waals surface area (Å²) >= 11 is 6.29. The Morgan fingerprint density at radius 2 is 2.00 bits per heavy atom. The third-order valence-corrected chi connectivity index (χ3v) is 4.36. The topological polar surface area (TPSA) is 88.8 Å². The molecule has 0 fully saturated rings. The summed E-state index contributed by atoms with van der Waals surface area (Å²) in [4.78, 5) is 17.4. The summed E-state index contributed by atoms with van der Waals surface area (Å²) in [7, 11) is 1.85. The first-order valence-corrected chi connectivity index (χ1v) is 8.27. The van der Waals surface area contributed by atoms with Gasteiger partial charge in [-0.3, -0.25) is 0 Å². The molecule has 3 heterocycles. The molecule has 8 heteroatoms. The number of benzene rings is 1. The fourth-order valence-corrected chi connectivity index (χ4v) is 3.11. The van der Waals surface area contributed by atoms with Gasteiger partial charge in [-0.2, -0.15) is 0 Å². The zero-order valence-corrected chi connectivity index (χ0v) is 14.9. The van der Waals surface area contributed by atoms with Crippen LogP contribution in [0.1, 0.15) is 5.69 Å². The van der Waals surface area contributed by atoms with Crippen LogP contribution in [0, 0.1) is 6.92 Å². The number of rotatable bonds is 3. The Morgan fingerprint density at radius 1 is 1.15 bits per heavy atom. The Labute approximate surface area is 154 Å². The molecule has 7 nitrogen and oxygen atoms in total. The van der Waals surface area contributed by atoms with Crippen molar-refractivity contribution in [3.8, 4) is 17.1 Å². The molecule has 3 aromatic heterocycles. The summed E-state index contributed by atoms with van der Waals surface area (Å²) in [6.45, 7) is 1.89. The van der Waals surface area contributed by atoms with Gasteiger partial charge < -0.3 is 15.0 Å². The number of fused-ring (bicyclic) bond motifs is 1. The van der Waals surface area contributed by atoms with E-state index in [4.69, 9.17) is 11.6 Å². The minimum atomic E-state index is 0.0739. The SMILES string of the molecule is Cc1cc(Nc2nccc3nc(-c4c(O)cccc4Cl)n(C)c23)ncn1. The van der Waals surface area contributed by atoms with E-state index < -0.39 is 0 Å². The molecule has 0 radical (unpaired) electrons. The van der Waals surface area contributed by atoms with Crippen LogP contribution in [-0.4, -0.2) is 29.6 Å². The van der Waals surface area contributed by atoms with Crippen LogP contribution in [0.25, 0.3) is 22.4 Å². The third-order valence-electron chi connectivity index (χ3n) is 4.05. The quantitative estimate of drug-likeness (QED) is 0.572. The number of imidazole rings is 1. The number of nitrogens with zero attached hydrogens (tertiary/aromatic N) is 5. The van der Waals surface area contributed by atoms with E-state index in [9.17, 15) is 5.11 Å². The van der Waals surface area contributed by atoms with E-state index in [1.54, 1.807) is 24.4 Å². The van der Waals surface area contributed by atoms with Crippen molar-refractivity contribution in [2.75, 3.05) is 5.32 Å². The summed E-state index contributed by atoms with van der Waals surface area (Å²) in [5.74, 6) is 1.87. The van der Waals surface area contributed by atoms with Gasteiger partial charge in [0.05, 0.1) is 16.1 Å². The van der Waals surface area contributed by atoms with Crippen molar-refractivity contribution in [3.05, 3.63) is 53.6 Å². The number of anilines is 2. The average molecular weight is 367 g/mol. The maximum Gasteiger partial charge on any atom is 0.157 e. The van der Waals surface area contributed by atoms with Crippen LogP contribution in [0.5, 0.6) is 5.75 Å². The van der Waals surface area contributed by atoms with Crippen molar-refractivity contribution >= 4 is 34.3 Å². The number of phenolic OH excluding ortho intramolecular Hbond substituents is 1. The second-order valence-corrected chi connectivity index (χ2v) is 6.23. The molecule has 0 aliphatic heterocycles. The number of aryl methyl sites for hydroxylation is 2. The molecule has 0 bridgehead atoms. The molecule has 0 saturated heterocycles. The molecule has 0 unspecified atom stereocenters. The summed E-state index contributed by atoms with van der Waals surface area (Å²) in [5.41, 5.74) is 2.83. The van der Waals surface area contributed by atoms with Crippen molar-refractivity contribution in [3.63, 3.8) is 0 Å². The molecule has 1 aromatic carbocycles. The minimum absolute atomic E-state index is 0.0739. The van der Waals surface area contributed by atoms with Crippen LogP contribution in [-0.2, 0) is 7.05 Å². The van der Waals surface area contributed by atoms with Crippen LogP contribution in [0.2, 0.25) is 5.02 Å². The number of nitrogens with one attached hydrogen (secondary N) is 1. The Hall–Kier alpha value is -3.19. The molecule has 0 aliphatic rings. The molecule has 0 aliphatic carbocycles. The second-order valence-electron chi connectivity index (χ2n) is 5.83. The van der Waals surface area contributed by atoms with Crippen molar-refractivity contribution in [1.29, 1.82) is 0 Å². The molecule has 0 spiro atoms. The van der Waals surface area contributed by atoms with Crippen molar-refractivity contribution in [2.45, 2.75) is 6.92 Å². The molecule has 0 amide bonds. The normalized spacial score (nSPS) is 11.0. The lowest BCUT2D eigenvalue weighted by molar-refractivity contribution is 0.476. The van der Waals surface area contributed by atoms with E-state index in [1.165, 1.54) is 6.33 Å². The van der Waals surface area contributed by atoms with E-state index >= 15 is 0 Å². The van der Waals surface area contributed by atoms with Crippen LogP contribution in [0.4, 0.5) is 11.6 Å². The first kappa shape index (κ1) is 16.3. The van der Waals surface area contributed by atoms with E-state index in [0.29, 0.717) is 28.0 Å². The molecular formula is C18H15ClN6O. The molecule has 0 atom stereocenters. The van der Waals surface area contributed by atoms with Gasteiger partial charge in [-0.15, -0.1) is 0 Å². The number of hydrogen-bond acceptors (Lipinski definition) is 6. The fourth-order valence-electron chi connectivity index (χ4n) is 2.85. The fraction of sp³-hybridized carbons (Fsp3) is 0.111. The highest BCUT2D eigenvalue weighted by atomic mass is 35.5. The number of aromatic nitrogens is 5. The van der Waals surface area contributed by atoms with Gasteiger partial charge in [0.25, 0.3) is 0 Å². The molecule has 2 N–H and O–H groups in total. The molecule has 26 heavy (non-hydrogen) atoms. The summed E-state index contributed by atoms with van der Waals surface area (Å²) in [6, 6.07) is 8.63. The Bertz CT molecular complexity index is 1100. The lowest BCUT2D eigenvalue weighted by atomic mass is 10.2.